The number of nitrogens with one attached hydrogen (secondary N) is 1. The summed E-state index contributed by atoms with van der Waals surface area (Å²) < 4.78 is 8.87. The maximum atomic E-state index is 11.8. The van der Waals surface area contributed by atoms with Crippen LogP contribution in [0, 0.1) is 0 Å². The van der Waals surface area contributed by atoms with Gasteiger partial charge in [-0.2, -0.15) is 9.61 Å². The van der Waals surface area contributed by atoms with Gasteiger partial charge in [0.25, 0.3) is 5.91 Å². The van der Waals surface area contributed by atoms with E-state index in [2.05, 4.69) is 20.4 Å². The van der Waals surface area contributed by atoms with E-state index in [9.17, 15) is 9.90 Å². The number of carbonyl (C=O) groups is 1. The van der Waals surface area contributed by atoms with Crippen LogP contribution in [0.4, 0.5) is 5.82 Å². The molecule has 1 fully saturated rings. The molecule has 10 heteroatoms. The Hall–Kier alpha value is -3.50. The zero-order valence-electron chi connectivity index (χ0n) is 15.6. The van der Waals surface area contributed by atoms with Crippen LogP contribution in [0.15, 0.2) is 36.8 Å². The van der Waals surface area contributed by atoms with E-state index in [0.29, 0.717) is 30.4 Å². The molecule has 0 spiro atoms. The summed E-state index contributed by atoms with van der Waals surface area (Å²) in [6.07, 6.45) is 4.45. The minimum absolute atomic E-state index is 0.193. The zero-order chi connectivity index (χ0) is 20.1. The highest BCUT2D eigenvalue weighted by Gasteiger charge is 2.30. The minimum atomic E-state index is -0.592. The number of primary amides is 1. The highest BCUT2D eigenvalue weighted by molar-refractivity contribution is 5.99. The zero-order valence-corrected chi connectivity index (χ0v) is 15.6. The van der Waals surface area contributed by atoms with Crippen LogP contribution < -0.4 is 11.1 Å². The number of hydrogen-bond acceptors (Lipinski definition) is 7. The molecule has 3 aliphatic rings. The standard InChI is InChI=1S/C19H19N7O3/c1-21-16-5-13(24-19-12(17(20)28)7-23-26(16)19)11-6-22-18-10(11)3-2-4-25(18)14-8-29-9-15(14)27/h2-7,14-15,21,27H,8-9H2,1H3,(H2,20,28)/t14-,15-/m1/s1. The number of aromatic nitrogens is 5. The summed E-state index contributed by atoms with van der Waals surface area (Å²) in [7, 11) is 1.76. The normalized spacial score (nSPS) is 19.2. The lowest BCUT2D eigenvalue weighted by Gasteiger charge is -2.20. The number of hydrogen-bond donors (Lipinski definition) is 3. The van der Waals surface area contributed by atoms with Crippen LogP contribution in [0.2, 0.25) is 0 Å². The highest BCUT2D eigenvalue weighted by Crippen LogP contribution is 2.36. The predicted molar refractivity (Wildman–Crippen MR) is 105 cm³/mol. The van der Waals surface area contributed by atoms with Crippen molar-refractivity contribution >= 4 is 17.4 Å². The van der Waals surface area contributed by atoms with Crippen molar-refractivity contribution in [2.45, 2.75) is 12.1 Å². The number of ether oxygens (including phenoxy) is 1. The summed E-state index contributed by atoms with van der Waals surface area (Å²) in [5.74, 6) is 0.800. The van der Waals surface area contributed by atoms with Gasteiger partial charge in [0.15, 0.2) is 5.65 Å². The third kappa shape index (κ3) is 2.64. The molecule has 5 heterocycles. The molecule has 3 aliphatic heterocycles. The van der Waals surface area contributed by atoms with Crippen molar-refractivity contribution in [3.63, 3.8) is 0 Å². The summed E-state index contributed by atoms with van der Waals surface area (Å²) in [5.41, 5.74) is 8.41. The van der Waals surface area contributed by atoms with Crippen molar-refractivity contribution in [1.82, 2.24) is 24.1 Å². The molecule has 1 amide bonds. The molecule has 148 valence electrons. The Morgan fingerprint density at radius 2 is 2.21 bits per heavy atom. The Morgan fingerprint density at radius 3 is 2.93 bits per heavy atom. The van der Waals surface area contributed by atoms with Gasteiger partial charge < -0.3 is 25.5 Å². The molecule has 1 saturated heterocycles. The molecule has 0 radical (unpaired) electrons. The molecule has 10 nitrogen and oxygen atoms in total. The van der Waals surface area contributed by atoms with Gasteiger partial charge >= 0.3 is 0 Å². The van der Waals surface area contributed by atoms with Crippen LogP contribution in [0.3, 0.4) is 0 Å². The first-order chi connectivity index (χ1) is 14.1. The molecule has 2 atom stereocenters. The third-order valence-corrected chi connectivity index (χ3v) is 5.25. The lowest BCUT2D eigenvalue weighted by atomic mass is 10.1. The number of anilines is 1. The Kier molecular flexibility index (Phi) is 3.96. The molecule has 0 bridgehead atoms. The number of fused-ring (bicyclic) bond motifs is 2. The number of aliphatic hydroxyl groups is 1. The van der Waals surface area contributed by atoms with E-state index in [-0.39, 0.29) is 11.6 Å². The number of aliphatic hydroxyl groups excluding tert-OH is 1. The van der Waals surface area contributed by atoms with Gasteiger partial charge in [-0.25, -0.2) is 9.97 Å². The quantitative estimate of drug-likeness (QED) is 0.466. The maximum Gasteiger partial charge on any atom is 0.254 e. The second-order valence-electron chi connectivity index (χ2n) is 6.93. The Bertz CT molecular complexity index is 1200. The van der Waals surface area contributed by atoms with Gasteiger partial charge in [-0.3, -0.25) is 4.79 Å². The Morgan fingerprint density at radius 1 is 1.34 bits per heavy atom. The lowest BCUT2D eigenvalue weighted by Crippen LogP contribution is -2.23. The molecule has 2 aromatic heterocycles. The molecular formula is C19H19N7O3. The topological polar surface area (TPSA) is 133 Å². The average molecular weight is 393 g/mol. The van der Waals surface area contributed by atoms with E-state index < -0.39 is 12.0 Å². The summed E-state index contributed by atoms with van der Waals surface area (Å²) in [5, 5.41) is 17.5. The third-order valence-electron chi connectivity index (χ3n) is 5.25. The smallest absolute Gasteiger partial charge is 0.254 e. The van der Waals surface area contributed by atoms with Gasteiger partial charge in [0.2, 0.25) is 0 Å². The molecule has 0 unspecified atom stereocenters. The van der Waals surface area contributed by atoms with Gasteiger partial charge in [-0.15, -0.1) is 0 Å². The number of pyridine rings is 1. The monoisotopic (exact) mass is 393 g/mol. The van der Waals surface area contributed by atoms with E-state index in [1.807, 2.05) is 29.0 Å². The second kappa shape index (κ2) is 6.54. The van der Waals surface area contributed by atoms with Gasteiger partial charge in [0, 0.05) is 36.6 Å². The molecule has 4 N–H and O–H groups in total. The Balaban J connectivity index is 1.66. The first-order valence-electron chi connectivity index (χ1n) is 9.16. The largest absolute Gasteiger partial charge is 0.388 e. The number of amides is 1. The van der Waals surface area contributed by atoms with Gasteiger partial charge in [0.1, 0.15) is 23.3 Å². The average Bonchev–Trinajstić information content (AvgIpc) is 3.44. The van der Waals surface area contributed by atoms with Crippen molar-refractivity contribution in [2.75, 3.05) is 25.6 Å². The maximum absolute atomic E-state index is 11.8. The van der Waals surface area contributed by atoms with E-state index in [4.69, 9.17) is 10.5 Å². The van der Waals surface area contributed by atoms with Crippen LogP contribution in [-0.4, -0.2) is 61.5 Å². The van der Waals surface area contributed by atoms with Crippen molar-refractivity contribution < 1.29 is 14.6 Å². The van der Waals surface area contributed by atoms with Gasteiger partial charge in [-0.05, 0) is 12.1 Å². The summed E-state index contributed by atoms with van der Waals surface area (Å²) in [4.78, 5) is 21.0. The van der Waals surface area contributed by atoms with E-state index >= 15 is 0 Å². The number of carbonyl (C=O) groups excluding carboxylic acids is 1. The predicted octanol–water partition coefficient (Wildman–Crippen LogP) is 0.770. The van der Waals surface area contributed by atoms with E-state index in [0.717, 1.165) is 17.0 Å². The molecular weight excluding hydrogens is 374 g/mol. The number of nitrogens with two attached hydrogens (primary N) is 1. The molecule has 5 rings (SSSR count). The first-order valence-corrected chi connectivity index (χ1v) is 9.16. The van der Waals surface area contributed by atoms with Crippen molar-refractivity contribution in [2.24, 2.45) is 5.73 Å². The fourth-order valence-corrected chi connectivity index (χ4v) is 3.78. The van der Waals surface area contributed by atoms with Crippen LogP contribution in [0.25, 0.3) is 28.3 Å². The number of rotatable bonds is 4. The van der Waals surface area contributed by atoms with Crippen LogP contribution in [0.5, 0.6) is 0 Å². The molecule has 2 aromatic rings. The van der Waals surface area contributed by atoms with Gasteiger partial charge in [-0.1, -0.05) is 0 Å². The molecule has 29 heavy (non-hydrogen) atoms. The number of nitrogens with zero attached hydrogens (tertiary/aromatic N) is 5. The van der Waals surface area contributed by atoms with Crippen LogP contribution >= 0.6 is 0 Å². The first kappa shape index (κ1) is 17.6. The molecule has 0 aliphatic carbocycles. The van der Waals surface area contributed by atoms with Crippen molar-refractivity contribution in [1.29, 1.82) is 0 Å². The molecule has 0 aromatic carbocycles. The van der Waals surface area contributed by atoms with Gasteiger partial charge in [0.05, 0.1) is 31.1 Å². The minimum Gasteiger partial charge on any atom is -0.388 e. The molecule has 0 saturated carbocycles. The van der Waals surface area contributed by atoms with E-state index in [1.165, 1.54) is 10.7 Å². The summed E-state index contributed by atoms with van der Waals surface area (Å²) in [6, 6.07) is 5.50. The fraction of sp³-hybridized carbons (Fsp3) is 0.263. The fourth-order valence-electron chi connectivity index (χ4n) is 3.78. The van der Waals surface area contributed by atoms with E-state index in [1.54, 1.807) is 13.2 Å². The SMILES string of the molecule is CNc1cc(-c2cnc3n([C@@H]4COC[C@H]4O)cccc2-3)nc2c(C(N)=O)cnn12. The van der Waals surface area contributed by atoms with Crippen molar-refractivity contribution in [3.8, 4) is 22.6 Å². The van der Waals surface area contributed by atoms with Crippen LogP contribution in [0.1, 0.15) is 16.4 Å². The highest BCUT2D eigenvalue weighted by atomic mass is 16.5. The Labute approximate surface area is 165 Å². The lowest BCUT2D eigenvalue weighted by molar-refractivity contribution is 0.100. The van der Waals surface area contributed by atoms with Crippen LogP contribution in [-0.2, 0) is 4.74 Å². The summed E-state index contributed by atoms with van der Waals surface area (Å²) in [6.45, 7) is 0.738. The van der Waals surface area contributed by atoms with Crippen molar-refractivity contribution in [3.05, 3.63) is 42.4 Å². The second-order valence-corrected chi connectivity index (χ2v) is 6.93. The summed E-state index contributed by atoms with van der Waals surface area (Å²) >= 11 is 0.